The number of piperidine rings is 1. The van der Waals surface area contributed by atoms with E-state index in [0.717, 1.165) is 16.9 Å². The minimum absolute atomic E-state index is 0.0915. The zero-order valence-corrected chi connectivity index (χ0v) is 15.5. The van der Waals surface area contributed by atoms with Gasteiger partial charge in [-0.25, -0.2) is 0 Å². The van der Waals surface area contributed by atoms with Crippen LogP contribution in [0.1, 0.15) is 59.4 Å². The molecule has 0 radical (unpaired) electrons. The lowest BCUT2D eigenvalue weighted by Crippen LogP contribution is -2.54. The molecule has 27 heavy (non-hydrogen) atoms. The molecule has 3 atom stereocenters. The molecule has 144 valence electrons. The highest BCUT2D eigenvalue weighted by atomic mass is 16.2. The van der Waals surface area contributed by atoms with Crippen LogP contribution >= 0.6 is 0 Å². The molecule has 1 unspecified atom stereocenters. The number of carbonyl (C=O) groups is 4. The first kappa shape index (κ1) is 19.2. The molecule has 1 fully saturated rings. The van der Waals surface area contributed by atoms with E-state index >= 15 is 0 Å². The topological polar surface area (TPSA) is 122 Å². The Balaban J connectivity index is 1.74. The smallest absolute Gasteiger partial charge is 0.262 e. The third-order valence-electron chi connectivity index (χ3n) is 4.88. The Bertz CT molecular complexity index is 805. The Morgan fingerprint density at radius 1 is 1.19 bits per heavy atom. The zero-order valence-electron chi connectivity index (χ0n) is 15.5. The summed E-state index contributed by atoms with van der Waals surface area (Å²) >= 11 is 0. The van der Waals surface area contributed by atoms with E-state index in [4.69, 9.17) is 5.73 Å². The van der Waals surface area contributed by atoms with Crippen LogP contribution in [0.4, 0.5) is 0 Å². The fraction of sp³-hybridized carbons (Fsp3) is 0.474. The van der Waals surface area contributed by atoms with Crippen LogP contribution in [0.5, 0.6) is 0 Å². The van der Waals surface area contributed by atoms with Crippen molar-refractivity contribution in [3.05, 3.63) is 34.9 Å². The molecule has 4 amide bonds. The standard InChI is InChI=1S/C19H24N4O4/c1-10(20)7-11(2)21-9-12-3-4-13-14(8-12)19(27)23(18(13)26)15-5-6-16(24)22-17(15)25/h3-4,8,10-11,15,21H,5-7,9,20H2,1-2H3,(H,22,24,25)/t10-,11-,15?/m1/s1. The van der Waals surface area contributed by atoms with Gasteiger partial charge in [0.2, 0.25) is 11.8 Å². The highest BCUT2D eigenvalue weighted by Gasteiger charge is 2.44. The maximum atomic E-state index is 12.8. The summed E-state index contributed by atoms with van der Waals surface area (Å²) in [4.78, 5) is 49.8. The molecule has 0 aromatic heterocycles. The molecular formula is C19H24N4O4. The molecule has 8 nitrogen and oxygen atoms in total. The average molecular weight is 372 g/mol. The van der Waals surface area contributed by atoms with Gasteiger partial charge >= 0.3 is 0 Å². The van der Waals surface area contributed by atoms with Gasteiger partial charge in [0, 0.05) is 25.0 Å². The lowest BCUT2D eigenvalue weighted by Gasteiger charge is -2.27. The van der Waals surface area contributed by atoms with Crippen LogP contribution in [-0.2, 0) is 16.1 Å². The summed E-state index contributed by atoms with van der Waals surface area (Å²) in [7, 11) is 0. The first-order chi connectivity index (χ1) is 12.8. The van der Waals surface area contributed by atoms with E-state index in [9.17, 15) is 19.2 Å². The second-order valence-corrected chi connectivity index (χ2v) is 7.32. The number of hydrogen-bond acceptors (Lipinski definition) is 6. The summed E-state index contributed by atoms with van der Waals surface area (Å²) in [5.74, 6) is -1.97. The van der Waals surface area contributed by atoms with Crippen molar-refractivity contribution in [2.75, 3.05) is 0 Å². The van der Waals surface area contributed by atoms with Crippen molar-refractivity contribution in [2.45, 2.75) is 57.8 Å². The highest BCUT2D eigenvalue weighted by molar-refractivity contribution is 6.23. The number of nitrogens with zero attached hydrogens (tertiary/aromatic N) is 1. The summed E-state index contributed by atoms with van der Waals surface area (Å²) in [6, 6.07) is 4.47. The van der Waals surface area contributed by atoms with E-state index in [1.54, 1.807) is 18.2 Å². The molecule has 0 saturated carbocycles. The largest absolute Gasteiger partial charge is 0.328 e. The number of nitrogens with one attached hydrogen (secondary N) is 2. The SMILES string of the molecule is C[C@H](C[C@@H](C)N)NCc1ccc2c(c1)C(=O)N(C1CCC(=O)NC1=O)C2=O. The van der Waals surface area contributed by atoms with Crippen LogP contribution in [0.2, 0.25) is 0 Å². The molecule has 1 aromatic rings. The van der Waals surface area contributed by atoms with Crippen molar-refractivity contribution in [2.24, 2.45) is 5.73 Å². The second-order valence-electron chi connectivity index (χ2n) is 7.32. The maximum absolute atomic E-state index is 12.8. The van der Waals surface area contributed by atoms with Crippen LogP contribution in [0.25, 0.3) is 0 Å². The quantitative estimate of drug-likeness (QED) is 0.618. The number of hydrogen-bond donors (Lipinski definition) is 3. The Morgan fingerprint density at radius 3 is 2.56 bits per heavy atom. The lowest BCUT2D eigenvalue weighted by molar-refractivity contribution is -0.136. The van der Waals surface area contributed by atoms with Gasteiger partial charge in [-0.05, 0) is 44.4 Å². The van der Waals surface area contributed by atoms with E-state index in [1.807, 2.05) is 13.8 Å². The third-order valence-corrected chi connectivity index (χ3v) is 4.88. The van der Waals surface area contributed by atoms with Gasteiger partial charge < -0.3 is 11.1 Å². The fourth-order valence-corrected chi connectivity index (χ4v) is 3.56. The van der Waals surface area contributed by atoms with E-state index in [0.29, 0.717) is 12.1 Å². The van der Waals surface area contributed by atoms with Crippen LogP contribution in [0, 0.1) is 0 Å². The zero-order chi connectivity index (χ0) is 19.7. The fourth-order valence-electron chi connectivity index (χ4n) is 3.56. The van der Waals surface area contributed by atoms with Crippen molar-refractivity contribution in [3.8, 4) is 0 Å². The van der Waals surface area contributed by atoms with Gasteiger partial charge in [0.15, 0.2) is 0 Å². The molecule has 2 heterocycles. The molecular weight excluding hydrogens is 348 g/mol. The molecule has 2 aliphatic rings. The van der Waals surface area contributed by atoms with E-state index in [-0.39, 0.29) is 36.4 Å². The van der Waals surface area contributed by atoms with E-state index in [2.05, 4.69) is 10.6 Å². The molecule has 0 bridgehead atoms. The number of fused-ring (bicyclic) bond motifs is 1. The molecule has 0 aliphatic carbocycles. The molecule has 8 heteroatoms. The van der Waals surface area contributed by atoms with E-state index < -0.39 is 23.8 Å². The monoisotopic (exact) mass is 372 g/mol. The summed E-state index contributed by atoms with van der Waals surface area (Å²) in [6.07, 6.45) is 1.08. The predicted molar refractivity (Wildman–Crippen MR) is 97.7 cm³/mol. The Hall–Kier alpha value is -2.58. The molecule has 3 rings (SSSR count). The number of carbonyl (C=O) groups excluding carboxylic acids is 4. The maximum Gasteiger partial charge on any atom is 0.262 e. The van der Waals surface area contributed by atoms with Gasteiger partial charge in [0.25, 0.3) is 11.8 Å². The number of rotatable bonds is 6. The first-order valence-electron chi connectivity index (χ1n) is 9.11. The van der Waals surface area contributed by atoms with Crippen molar-refractivity contribution < 1.29 is 19.2 Å². The summed E-state index contributed by atoms with van der Waals surface area (Å²) in [5, 5.41) is 5.53. The number of imide groups is 2. The van der Waals surface area contributed by atoms with Crippen LogP contribution < -0.4 is 16.4 Å². The minimum atomic E-state index is -0.942. The van der Waals surface area contributed by atoms with Crippen molar-refractivity contribution in [1.82, 2.24) is 15.5 Å². The number of benzene rings is 1. The normalized spacial score (nSPS) is 21.9. The van der Waals surface area contributed by atoms with Crippen molar-refractivity contribution >= 4 is 23.6 Å². The van der Waals surface area contributed by atoms with Gasteiger partial charge in [0.1, 0.15) is 6.04 Å². The van der Waals surface area contributed by atoms with Crippen LogP contribution in [-0.4, -0.2) is 46.7 Å². The molecule has 4 N–H and O–H groups in total. The van der Waals surface area contributed by atoms with Crippen LogP contribution in [0.15, 0.2) is 18.2 Å². The van der Waals surface area contributed by atoms with Crippen molar-refractivity contribution in [1.29, 1.82) is 0 Å². The molecule has 1 saturated heterocycles. The summed E-state index contributed by atoms with van der Waals surface area (Å²) in [5.41, 5.74) is 7.25. The Morgan fingerprint density at radius 2 is 1.89 bits per heavy atom. The molecule has 0 spiro atoms. The van der Waals surface area contributed by atoms with Gasteiger partial charge in [-0.1, -0.05) is 6.07 Å². The summed E-state index contributed by atoms with van der Waals surface area (Å²) in [6.45, 7) is 4.53. The number of nitrogens with two attached hydrogens (primary N) is 1. The molecule has 1 aromatic carbocycles. The van der Waals surface area contributed by atoms with E-state index in [1.165, 1.54) is 0 Å². The molecule has 2 aliphatic heterocycles. The Labute approximate surface area is 157 Å². The first-order valence-corrected chi connectivity index (χ1v) is 9.11. The van der Waals surface area contributed by atoms with Gasteiger partial charge in [-0.3, -0.25) is 29.4 Å². The van der Waals surface area contributed by atoms with Gasteiger partial charge in [0.05, 0.1) is 11.1 Å². The van der Waals surface area contributed by atoms with Gasteiger partial charge in [-0.2, -0.15) is 0 Å². The van der Waals surface area contributed by atoms with Crippen molar-refractivity contribution in [3.63, 3.8) is 0 Å². The lowest BCUT2D eigenvalue weighted by atomic mass is 10.0. The van der Waals surface area contributed by atoms with Gasteiger partial charge in [-0.15, -0.1) is 0 Å². The average Bonchev–Trinajstić information content (AvgIpc) is 2.84. The Kier molecular flexibility index (Phi) is 5.38. The van der Waals surface area contributed by atoms with Crippen LogP contribution in [0.3, 0.4) is 0 Å². The number of amides is 4. The highest BCUT2D eigenvalue weighted by Crippen LogP contribution is 2.28. The third kappa shape index (κ3) is 3.91. The summed E-state index contributed by atoms with van der Waals surface area (Å²) < 4.78 is 0. The second kappa shape index (κ2) is 7.58. The predicted octanol–water partition coefficient (Wildman–Crippen LogP) is 0.303. The minimum Gasteiger partial charge on any atom is -0.328 e.